The van der Waals surface area contributed by atoms with Gasteiger partial charge in [-0.15, -0.1) is 0 Å². The highest BCUT2D eigenvalue weighted by Gasteiger charge is 2.64. The average Bonchev–Trinajstić information content (AvgIpc) is 2.86. The number of carbonyl (C=O) groups excluding carboxylic acids is 3. The molecule has 0 aromatic heterocycles. The Morgan fingerprint density at radius 1 is 1.05 bits per heavy atom. The number of primary amides is 1. The standard InChI is InChI=1S/C30H31NO7/c1-14(2)21-19-13-17-12-18-16(9-8-15-6-4-3-5-7-15)10-11-20(32)23(18)26(34)22(17)27(35)30(19,38)28(36)24(25(21)33)29(31)37/h3-7,10-11,14,17,19,21,32,34,36,38H,8-9,12-13H2,1-2H3,(H2,31,37)/t17-,19-,21-,30-/m0/s1. The Kier molecular flexibility index (Phi) is 6.18. The summed E-state index contributed by atoms with van der Waals surface area (Å²) in [4.78, 5) is 39.2. The van der Waals surface area contributed by atoms with Gasteiger partial charge in [0.15, 0.2) is 11.4 Å². The molecule has 8 heteroatoms. The number of benzene rings is 2. The highest BCUT2D eigenvalue weighted by atomic mass is 16.3. The second kappa shape index (κ2) is 9.13. The van der Waals surface area contributed by atoms with Crippen LogP contribution in [0.15, 0.2) is 59.4 Å². The monoisotopic (exact) mass is 517 g/mol. The van der Waals surface area contributed by atoms with Crippen molar-refractivity contribution in [2.24, 2.45) is 29.4 Å². The van der Waals surface area contributed by atoms with Gasteiger partial charge in [-0.05, 0) is 60.3 Å². The van der Waals surface area contributed by atoms with E-state index in [0.29, 0.717) is 18.4 Å². The Labute approximate surface area is 220 Å². The van der Waals surface area contributed by atoms with Crippen LogP contribution in [0.25, 0.3) is 5.76 Å². The smallest absolute Gasteiger partial charge is 0.255 e. The Morgan fingerprint density at radius 3 is 2.37 bits per heavy atom. The third-order valence-corrected chi connectivity index (χ3v) is 8.48. The molecule has 1 fully saturated rings. The van der Waals surface area contributed by atoms with E-state index in [1.807, 2.05) is 36.4 Å². The molecule has 0 saturated heterocycles. The van der Waals surface area contributed by atoms with E-state index >= 15 is 0 Å². The predicted molar refractivity (Wildman–Crippen MR) is 139 cm³/mol. The number of rotatable bonds is 5. The lowest BCUT2D eigenvalue weighted by molar-refractivity contribution is -0.155. The van der Waals surface area contributed by atoms with E-state index < -0.39 is 57.9 Å². The number of ketones is 2. The molecule has 38 heavy (non-hydrogen) atoms. The number of aromatic hydroxyl groups is 1. The summed E-state index contributed by atoms with van der Waals surface area (Å²) in [5.41, 5.74) is 4.77. The van der Waals surface area contributed by atoms with Crippen molar-refractivity contribution in [3.8, 4) is 5.75 Å². The summed E-state index contributed by atoms with van der Waals surface area (Å²) < 4.78 is 0. The molecule has 2 aromatic rings. The van der Waals surface area contributed by atoms with Gasteiger partial charge in [-0.1, -0.05) is 50.2 Å². The van der Waals surface area contributed by atoms with E-state index in [2.05, 4.69) is 0 Å². The largest absolute Gasteiger partial charge is 0.508 e. The second-order valence-corrected chi connectivity index (χ2v) is 10.9. The van der Waals surface area contributed by atoms with Crippen molar-refractivity contribution >= 4 is 23.2 Å². The van der Waals surface area contributed by atoms with Crippen LogP contribution in [0.2, 0.25) is 0 Å². The van der Waals surface area contributed by atoms with Crippen molar-refractivity contribution in [3.05, 3.63) is 81.6 Å². The topological polar surface area (TPSA) is 158 Å². The van der Waals surface area contributed by atoms with Gasteiger partial charge < -0.3 is 26.2 Å². The molecule has 6 N–H and O–H groups in total. The first kappa shape index (κ1) is 25.7. The summed E-state index contributed by atoms with van der Waals surface area (Å²) in [5.74, 6) is -7.51. The quantitative estimate of drug-likeness (QED) is 0.381. The summed E-state index contributed by atoms with van der Waals surface area (Å²) in [6, 6.07) is 13.2. The lowest BCUT2D eigenvalue weighted by atomic mass is 9.54. The zero-order valence-electron chi connectivity index (χ0n) is 21.3. The van der Waals surface area contributed by atoms with Crippen LogP contribution in [-0.2, 0) is 33.6 Å². The summed E-state index contributed by atoms with van der Waals surface area (Å²) in [6.45, 7) is 3.49. The van der Waals surface area contributed by atoms with Crippen molar-refractivity contribution in [2.75, 3.05) is 0 Å². The maximum absolute atomic E-state index is 13.9. The molecule has 4 atom stereocenters. The molecule has 198 valence electrons. The second-order valence-electron chi connectivity index (χ2n) is 10.9. The molecule has 2 aromatic carbocycles. The van der Waals surface area contributed by atoms with E-state index in [1.54, 1.807) is 13.8 Å². The molecule has 8 nitrogen and oxygen atoms in total. The molecule has 3 aliphatic rings. The third kappa shape index (κ3) is 3.66. The van der Waals surface area contributed by atoms with Gasteiger partial charge in [-0.25, -0.2) is 0 Å². The minimum absolute atomic E-state index is 0.111. The number of hydrogen-bond acceptors (Lipinski definition) is 7. The fourth-order valence-corrected chi connectivity index (χ4v) is 6.71. The van der Waals surface area contributed by atoms with Gasteiger partial charge in [-0.2, -0.15) is 0 Å². The first-order valence-corrected chi connectivity index (χ1v) is 12.8. The Morgan fingerprint density at radius 2 is 1.74 bits per heavy atom. The summed E-state index contributed by atoms with van der Waals surface area (Å²) in [6.07, 6.45) is 1.79. The van der Waals surface area contributed by atoms with Gasteiger partial charge in [0.05, 0.1) is 5.56 Å². The van der Waals surface area contributed by atoms with Crippen LogP contribution >= 0.6 is 0 Å². The number of nitrogens with two attached hydrogens (primary N) is 1. The summed E-state index contributed by atoms with van der Waals surface area (Å²) >= 11 is 0. The molecule has 0 heterocycles. The third-order valence-electron chi connectivity index (χ3n) is 8.48. The number of hydrogen-bond donors (Lipinski definition) is 5. The first-order chi connectivity index (χ1) is 18.0. The summed E-state index contributed by atoms with van der Waals surface area (Å²) in [7, 11) is 0. The fraction of sp³-hybridized carbons (Fsp3) is 0.367. The zero-order chi connectivity index (χ0) is 27.5. The van der Waals surface area contributed by atoms with Crippen molar-refractivity contribution in [1.29, 1.82) is 0 Å². The number of Topliss-reactive ketones (excluding diaryl/α,β-unsaturated/α-hetero) is 2. The predicted octanol–water partition coefficient (Wildman–Crippen LogP) is 3.09. The van der Waals surface area contributed by atoms with E-state index in [0.717, 1.165) is 17.5 Å². The maximum atomic E-state index is 13.9. The van der Waals surface area contributed by atoms with Crippen LogP contribution in [0.5, 0.6) is 5.75 Å². The number of amides is 1. The number of aliphatic hydroxyl groups is 3. The molecule has 0 radical (unpaired) electrons. The Balaban J connectivity index is 1.63. The van der Waals surface area contributed by atoms with Crippen molar-refractivity contribution in [1.82, 2.24) is 0 Å². The molecule has 0 unspecified atom stereocenters. The molecule has 1 saturated carbocycles. The highest BCUT2D eigenvalue weighted by Crippen LogP contribution is 2.54. The number of aryl methyl sites for hydroxylation is 2. The minimum Gasteiger partial charge on any atom is -0.508 e. The van der Waals surface area contributed by atoms with Crippen LogP contribution in [0.1, 0.15) is 42.5 Å². The number of aliphatic hydroxyl groups excluding tert-OH is 2. The van der Waals surface area contributed by atoms with Gasteiger partial charge >= 0.3 is 0 Å². The van der Waals surface area contributed by atoms with Gasteiger partial charge in [0, 0.05) is 17.4 Å². The first-order valence-electron chi connectivity index (χ1n) is 12.8. The van der Waals surface area contributed by atoms with Crippen LogP contribution in [0.3, 0.4) is 0 Å². The summed E-state index contributed by atoms with van der Waals surface area (Å²) in [5, 5.41) is 44.7. The molecule has 0 spiro atoms. The maximum Gasteiger partial charge on any atom is 0.255 e. The number of fused-ring (bicyclic) bond motifs is 3. The van der Waals surface area contributed by atoms with E-state index in [4.69, 9.17) is 5.73 Å². The molecule has 0 aliphatic heterocycles. The average molecular weight is 518 g/mol. The molecule has 5 rings (SSSR count). The molecular formula is C30H31NO7. The molecule has 3 aliphatic carbocycles. The van der Waals surface area contributed by atoms with Crippen molar-refractivity contribution in [2.45, 2.75) is 45.1 Å². The van der Waals surface area contributed by atoms with Crippen molar-refractivity contribution < 1.29 is 34.8 Å². The molecular weight excluding hydrogens is 486 g/mol. The van der Waals surface area contributed by atoms with Crippen LogP contribution in [0.4, 0.5) is 0 Å². The minimum atomic E-state index is -2.59. The SMILES string of the molecule is CC(C)[C@@H]1C(=O)C(C(N)=O)=C(O)[C@@]2(O)C(=O)C3=C(O)c4c(O)ccc(CCc5ccccc5)c4C[C@H]3C[C@@H]12. The van der Waals surface area contributed by atoms with Gasteiger partial charge in [0.25, 0.3) is 5.91 Å². The van der Waals surface area contributed by atoms with Crippen LogP contribution in [-0.4, -0.2) is 43.5 Å². The van der Waals surface area contributed by atoms with Crippen molar-refractivity contribution in [3.63, 3.8) is 0 Å². The molecule has 1 amide bonds. The van der Waals surface area contributed by atoms with Gasteiger partial charge in [0.1, 0.15) is 22.8 Å². The van der Waals surface area contributed by atoms with Crippen LogP contribution < -0.4 is 5.73 Å². The van der Waals surface area contributed by atoms with E-state index in [1.165, 1.54) is 6.07 Å². The van der Waals surface area contributed by atoms with E-state index in [9.17, 15) is 34.8 Å². The Bertz CT molecular complexity index is 1420. The lowest BCUT2D eigenvalue weighted by Crippen LogP contribution is -2.62. The number of carbonyl (C=O) groups is 3. The van der Waals surface area contributed by atoms with Gasteiger partial charge in [0.2, 0.25) is 5.78 Å². The normalized spacial score (nSPS) is 26.8. The van der Waals surface area contributed by atoms with Gasteiger partial charge in [-0.3, -0.25) is 14.4 Å². The van der Waals surface area contributed by atoms with E-state index in [-0.39, 0.29) is 29.2 Å². The molecule has 0 bridgehead atoms. The number of phenolic OH excluding ortho intramolecular Hbond substituents is 1. The fourth-order valence-electron chi connectivity index (χ4n) is 6.71. The lowest BCUT2D eigenvalue weighted by Gasteiger charge is -2.50. The van der Waals surface area contributed by atoms with Crippen LogP contribution in [0, 0.1) is 23.7 Å². The number of phenols is 1. The highest BCUT2D eigenvalue weighted by molar-refractivity contribution is 6.23. The zero-order valence-corrected chi connectivity index (χ0v) is 21.3. The Hall–Kier alpha value is -3.91.